The number of rotatable bonds is 4. The van der Waals surface area contributed by atoms with Gasteiger partial charge in [-0.2, -0.15) is 5.01 Å². The highest BCUT2D eigenvalue weighted by molar-refractivity contribution is 6.13. The van der Waals surface area contributed by atoms with Gasteiger partial charge in [0.15, 0.2) is 0 Å². The first-order valence-corrected chi connectivity index (χ1v) is 15.3. The van der Waals surface area contributed by atoms with Gasteiger partial charge in [0, 0.05) is 17.9 Å². The van der Waals surface area contributed by atoms with Gasteiger partial charge < -0.3 is 9.84 Å². The zero-order chi connectivity index (χ0) is 31.0. The first-order chi connectivity index (χ1) is 21.8. The van der Waals surface area contributed by atoms with Crippen LogP contribution in [0.3, 0.4) is 0 Å². The molecule has 8 rings (SSSR count). The first kappa shape index (κ1) is 27.4. The lowest BCUT2D eigenvalue weighted by Crippen LogP contribution is -2.55. The minimum absolute atomic E-state index is 0.0947. The number of hydrogen-bond donors (Lipinski definition) is 3. The molecule has 0 radical (unpaired) electrons. The van der Waals surface area contributed by atoms with E-state index in [1.807, 2.05) is 67.6 Å². The molecule has 0 aromatic heterocycles. The SMILES string of the molecule is Cc1ccc(NN2C(=O)[C@@H]3C[C@@H]4C(=CC[C@@H]5C(=O)NC(=O)[C@@H]54)[C@H](C4=COc5ccc(O)cc5C4)[C@]3(c3ccccc3)C2=O)cc1. The molecule has 6 atom stereocenters. The Morgan fingerprint density at radius 1 is 0.956 bits per heavy atom. The minimum Gasteiger partial charge on any atom is -0.508 e. The quantitative estimate of drug-likeness (QED) is 0.301. The van der Waals surface area contributed by atoms with Gasteiger partial charge in [0.2, 0.25) is 11.8 Å². The molecule has 45 heavy (non-hydrogen) atoms. The molecule has 9 heteroatoms. The fourth-order valence-corrected chi connectivity index (χ4v) is 8.47. The Labute approximate surface area is 259 Å². The van der Waals surface area contributed by atoms with Crippen molar-refractivity contribution in [3.63, 3.8) is 0 Å². The van der Waals surface area contributed by atoms with Crippen molar-refractivity contribution in [2.45, 2.75) is 31.6 Å². The number of aromatic hydroxyl groups is 1. The fourth-order valence-electron chi connectivity index (χ4n) is 8.47. The Balaban J connectivity index is 1.33. The molecular weight excluding hydrogens is 570 g/mol. The predicted molar refractivity (Wildman–Crippen MR) is 163 cm³/mol. The van der Waals surface area contributed by atoms with E-state index < -0.39 is 35.0 Å². The number of hydrazine groups is 1. The van der Waals surface area contributed by atoms with Gasteiger partial charge in [-0.25, -0.2) is 0 Å². The summed E-state index contributed by atoms with van der Waals surface area (Å²) >= 11 is 0. The van der Waals surface area contributed by atoms with Crippen molar-refractivity contribution in [2.75, 3.05) is 5.43 Å². The van der Waals surface area contributed by atoms with Crippen LogP contribution in [0.1, 0.15) is 29.5 Å². The number of ether oxygens (including phenoxy) is 1. The van der Waals surface area contributed by atoms with E-state index in [1.165, 1.54) is 0 Å². The maximum atomic E-state index is 15.1. The molecule has 5 aliphatic rings. The molecule has 3 aromatic carbocycles. The number of nitrogens with zero attached hydrogens (tertiary/aromatic N) is 1. The summed E-state index contributed by atoms with van der Waals surface area (Å²) in [5.74, 6) is -3.74. The van der Waals surface area contributed by atoms with Crippen LogP contribution in [0.2, 0.25) is 0 Å². The predicted octanol–water partition coefficient (Wildman–Crippen LogP) is 4.32. The molecule has 2 saturated heterocycles. The Morgan fingerprint density at radius 3 is 2.51 bits per heavy atom. The van der Waals surface area contributed by atoms with E-state index in [4.69, 9.17) is 4.74 Å². The molecule has 4 amide bonds. The maximum absolute atomic E-state index is 15.1. The van der Waals surface area contributed by atoms with Gasteiger partial charge >= 0.3 is 0 Å². The number of hydrogen-bond acceptors (Lipinski definition) is 7. The molecule has 226 valence electrons. The van der Waals surface area contributed by atoms with E-state index in [-0.39, 0.29) is 35.8 Å². The number of carbonyl (C=O) groups excluding carboxylic acids is 4. The van der Waals surface area contributed by atoms with Crippen molar-refractivity contribution in [1.29, 1.82) is 0 Å². The van der Waals surface area contributed by atoms with Crippen molar-refractivity contribution in [3.8, 4) is 11.5 Å². The average Bonchev–Trinajstić information content (AvgIpc) is 3.46. The molecule has 3 fully saturated rings. The zero-order valence-corrected chi connectivity index (χ0v) is 24.5. The van der Waals surface area contributed by atoms with Crippen LogP contribution in [0.15, 0.2) is 96.3 Å². The Kier molecular flexibility index (Phi) is 6.03. The van der Waals surface area contributed by atoms with Gasteiger partial charge in [-0.3, -0.25) is 29.9 Å². The number of allylic oxidation sites excluding steroid dienone is 3. The number of amides is 4. The number of imide groups is 2. The van der Waals surface area contributed by atoms with Gasteiger partial charge in [-0.15, -0.1) is 0 Å². The monoisotopic (exact) mass is 601 g/mol. The summed E-state index contributed by atoms with van der Waals surface area (Å²) in [6.07, 6.45) is 4.64. The van der Waals surface area contributed by atoms with E-state index in [2.05, 4.69) is 10.7 Å². The van der Waals surface area contributed by atoms with Crippen LogP contribution < -0.4 is 15.5 Å². The van der Waals surface area contributed by atoms with Gasteiger partial charge in [-0.1, -0.05) is 59.7 Å². The third kappa shape index (κ3) is 3.92. The van der Waals surface area contributed by atoms with Crippen LogP contribution in [-0.2, 0) is 31.0 Å². The highest BCUT2D eigenvalue weighted by Crippen LogP contribution is 2.62. The summed E-state index contributed by atoms with van der Waals surface area (Å²) < 4.78 is 6.11. The number of phenols is 1. The van der Waals surface area contributed by atoms with Crippen LogP contribution >= 0.6 is 0 Å². The third-order valence-corrected chi connectivity index (χ3v) is 10.4. The number of nitrogens with one attached hydrogen (secondary N) is 2. The lowest BCUT2D eigenvalue weighted by Gasteiger charge is -2.51. The largest absolute Gasteiger partial charge is 0.508 e. The lowest BCUT2D eigenvalue weighted by molar-refractivity contribution is -0.139. The Morgan fingerprint density at radius 2 is 1.73 bits per heavy atom. The second-order valence-electron chi connectivity index (χ2n) is 12.7. The molecule has 1 saturated carbocycles. The standard InChI is InChI=1S/C36H31N3O6/c1-19-7-9-23(10-8-19)38-39-34(43)28-17-27-25(12-13-26-30(27)33(42)37-32(26)41)31(36(28,35(39)44)22-5-3-2-4-6-22)21-15-20-16-24(40)11-14-29(20)45-18-21/h2-12,14,16,18,26-28,30-31,38,40H,13,15,17H2,1H3,(H,37,41,42)/t26-,27+,28-,30-,31-,36+/m0/s1. The highest BCUT2D eigenvalue weighted by atomic mass is 16.5. The van der Waals surface area contributed by atoms with Gasteiger partial charge in [0.25, 0.3) is 11.8 Å². The van der Waals surface area contributed by atoms with E-state index in [1.54, 1.807) is 24.5 Å². The molecular formula is C36H31N3O6. The molecule has 0 spiro atoms. The van der Waals surface area contributed by atoms with E-state index >= 15 is 4.79 Å². The van der Waals surface area contributed by atoms with Gasteiger partial charge in [0.05, 0.1) is 35.1 Å². The first-order valence-electron chi connectivity index (χ1n) is 15.3. The number of phenolic OH excluding ortho intramolecular Hbond substituents is 1. The second-order valence-corrected chi connectivity index (χ2v) is 12.7. The molecule has 0 unspecified atom stereocenters. The molecule has 3 heterocycles. The topological polar surface area (TPSA) is 125 Å². The van der Waals surface area contributed by atoms with E-state index in [0.29, 0.717) is 29.8 Å². The van der Waals surface area contributed by atoms with E-state index in [0.717, 1.165) is 27.3 Å². The summed E-state index contributed by atoms with van der Waals surface area (Å²) in [5, 5.41) is 14.0. The molecule has 9 nitrogen and oxygen atoms in total. The zero-order valence-electron chi connectivity index (χ0n) is 24.5. The summed E-state index contributed by atoms with van der Waals surface area (Å²) in [5.41, 5.74) is 6.48. The summed E-state index contributed by atoms with van der Waals surface area (Å²) in [7, 11) is 0. The summed E-state index contributed by atoms with van der Waals surface area (Å²) in [6.45, 7) is 1.96. The fraction of sp³-hybridized carbons (Fsp3) is 0.278. The third-order valence-electron chi connectivity index (χ3n) is 10.4. The highest BCUT2D eigenvalue weighted by Gasteiger charge is 2.70. The minimum atomic E-state index is -1.35. The second kappa shape index (κ2) is 9.92. The number of carbonyl (C=O) groups is 4. The molecule has 2 aliphatic carbocycles. The van der Waals surface area contributed by atoms with Crippen molar-refractivity contribution in [2.24, 2.45) is 29.6 Å². The van der Waals surface area contributed by atoms with Crippen molar-refractivity contribution >= 4 is 29.3 Å². The Bertz CT molecular complexity index is 1850. The van der Waals surface area contributed by atoms with Crippen LogP contribution in [0.4, 0.5) is 5.69 Å². The number of benzene rings is 3. The van der Waals surface area contributed by atoms with Crippen molar-refractivity contribution < 1.29 is 29.0 Å². The number of anilines is 1. The molecule has 3 aromatic rings. The van der Waals surface area contributed by atoms with Gasteiger partial charge in [0.1, 0.15) is 11.5 Å². The number of aryl methyl sites for hydroxylation is 1. The molecule has 3 N–H and O–H groups in total. The van der Waals surface area contributed by atoms with Crippen LogP contribution in [0, 0.1) is 36.5 Å². The molecule has 3 aliphatic heterocycles. The average molecular weight is 602 g/mol. The van der Waals surface area contributed by atoms with E-state index in [9.17, 15) is 19.5 Å². The normalized spacial score (nSPS) is 29.9. The van der Waals surface area contributed by atoms with Crippen LogP contribution in [0.5, 0.6) is 11.5 Å². The lowest BCUT2D eigenvalue weighted by atomic mass is 9.48. The Hall–Kier alpha value is -5.18. The summed E-state index contributed by atoms with van der Waals surface area (Å²) in [4.78, 5) is 55.7. The van der Waals surface area contributed by atoms with Gasteiger partial charge in [-0.05, 0) is 67.2 Å². The summed E-state index contributed by atoms with van der Waals surface area (Å²) in [6, 6.07) is 21.8. The smallest absolute Gasteiger partial charge is 0.260 e. The van der Waals surface area contributed by atoms with Crippen molar-refractivity contribution in [1.82, 2.24) is 10.3 Å². The number of fused-ring (bicyclic) bond motifs is 5. The molecule has 0 bridgehead atoms. The van der Waals surface area contributed by atoms with Crippen LogP contribution in [0.25, 0.3) is 0 Å². The van der Waals surface area contributed by atoms with Crippen molar-refractivity contribution in [3.05, 3.63) is 113 Å². The maximum Gasteiger partial charge on any atom is 0.260 e. The van der Waals surface area contributed by atoms with Crippen LogP contribution in [-0.4, -0.2) is 33.7 Å².